The molecule has 1 aliphatic rings. The van der Waals surface area contributed by atoms with Crippen molar-refractivity contribution in [1.29, 1.82) is 0 Å². The van der Waals surface area contributed by atoms with Gasteiger partial charge in [-0.15, -0.1) is 10.2 Å². The first-order chi connectivity index (χ1) is 14.0. The normalized spacial score (nSPS) is 14.6. The van der Waals surface area contributed by atoms with E-state index < -0.39 is 0 Å². The van der Waals surface area contributed by atoms with E-state index in [2.05, 4.69) is 64.3 Å². The third-order valence-corrected chi connectivity index (χ3v) is 6.29. The van der Waals surface area contributed by atoms with Gasteiger partial charge >= 0.3 is 0 Å². The van der Waals surface area contributed by atoms with Crippen LogP contribution in [0.4, 0.5) is 0 Å². The van der Waals surface area contributed by atoms with Crippen molar-refractivity contribution >= 4 is 17.7 Å². The third-order valence-electron chi connectivity index (χ3n) is 5.36. The van der Waals surface area contributed by atoms with Crippen LogP contribution >= 0.6 is 11.8 Å². The first-order valence-corrected chi connectivity index (χ1v) is 11.0. The van der Waals surface area contributed by atoms with Gasteiger partial charge in [0.05, 0.1) is 11.8 Å². The van der Waals surface area contributed by atoms with Crippen molar-refractivity contribution in [3.05, 3.63) is 71.0 Å². The smallest absolute Gasteiger partial charge is 0.230 e. The van der Waals surface area contributed by atoms with Crippen LogP contribution in [0.15, 0.2) is 53.7 Å². The number of rotatable bonds is 7. The highest BCUT2D eigenvalue weighted by Crippen LogP contribution is 2.41. The van der Waals surface area contributed by atoms with Crippen LogP contribution in [0.1, 0.15) is 54.2 Å². The lowest BCUT2D eigenvalue weighted by Crippen LogP contribution is -2.28. The second-order valence-electron chi connectivity index (χ2n) is 7.71. The molecule has 0 bridgehead atoms. The second-order valence-corrected chi connectivity index (χ2v) is 8.65. The van der Waals surface area contributed by atoms with Crippen LogP contribution in [0.25, 0.3) is 5.69 Å². The number of nitrogens with one attached hydrogen (secondary N) is 1. The fourth-order valence-corrected chi connectivity index (χ4v) is 4.10. The van der Waals surface area contributed by atoms with E-state index in [1.165, 1.54) is 22.9 Å². The van der Waals surface area contributed by atoms with E-state index >= 15 is 0 Å². The van der Waals surface area contributed by atoms with E-state index in [4.69, 9.17) is 0 Å². The number of nitrogens with zero attached hydrogens (tertiary/aromatic N) is 3. The molecule has 150 valence electrons. The van der Waals surface area contributed by atoms with Gasteiger partial charge in [0.2, 0.25) is 5.91 Å². The van der Waals surface area contributed by atoms with Gasteiger partial charge in [-0.25, -0.2) is 0 Å². The summed E-state index contributed by atoms with van der Waals surface area (Å²) in [5.74, 6) is 1.79. The summed E-state index contributed by atoms with van der Waals surface area (Å²) in [7, 11) is 0. The molecule has 1 amide bonds. The number of aryl methyl sites for hydroxylation is 2. The first kappa shape index (κ1) is 19.7. The fourth-order valence-electron chi connectivity index (χ4n) is 3.33. The average molecular weight is 407 g/mol. The van der Waals surface area contributed by atoms with Crippen molar-refractivity contribution in [3.8, 4) is 5.69 Å². The van der Waals surface area contributed by atoms with Gasteiger partial charge in [0.15, 0.2) is 5.16 Å². The lowest BCUT2D eigenvalue weighted by atomic mass is 10.0. The predicted octanol–water partition coefficient (Wildman–Crippen LogP) is 4.73. The van der Waals surface area contributed by atoms with Crippen LogP contribution in [0.3, 0.4) is 0 Å². The molecule has 1 N–H and O–H groups in total. The summed E-state index contributed by atoms with van der Waals surface area (Å²) in [6.45, 7) is 6.21. The molecule has 1 aromatic heterocycles. The largest absolute Gasteiger partial charge is 0.349 e. The Labute approximate surface area is 175 Å². The van der Waals surface area contributed by atoms with Crippen molar-refractivity contribution in [3.63, 3.8) is 0 Å². The molecule has 5 nitrogen and oxygen atoms in total. The predicted molar refractivity (Wildman–Crippen MR) is 117 cm³/mol. The van der Waals surface area contributed by atoms with Crippen LogP contribution in [-0.4, -0.2) is 26.4 Å². The molecule has 29 heavy (non-hydrogen) atoms. The van der Waals surface area contributed by atoms with Gasteiger partial charge in [-0.2, -0.15) is 0 Å². The maximum atomic E-state index is 12.6. The lowest BCUT2D eigenvalue weighted by molar-refractivity contribution is -0.119. The number of amides is 1. The number of carbonyl (C=O) groups excluding carboxylic acids is 1. The zero-order valence-electron chi connectivity index (χ0n) is 17.1. The Balaban J connectivity index is 1.44. The van der Waals surface area contributed by atoms with Crippen LogP contribution in [0.2, 0.25) is 0 Å². The summed E-state index contributed by atoms with van der Waals surface area (Å²) < 4.78 is 2.10. The highest BCUT2D eigenvalue weighted by molar-refractivity contribution is 7.99. The van der Waals surface area contributed by atoms with Gasteiger partial charge in [-0.3, -0.25) is 9.36 Å². The topological polar surface area (TPSA) is 59.8 Å². The quantitative estimate of drug-likeness (QED) is 0.576. The number of aromatic nitrogens is 3. The maximum Gasteiger partial charge on any atom is 0.230 e. The SMILES string of the molecule is Cc1ccc(C(C)NC(=O)CSc2nnc(C3CC3)n2-c2ccccc2)cc1C. The van der Waals surface area contributed by atoms with Gasteiger partial charge in [-0.05, 0) is 62.4 Å². The summed E-state index contributed by atoms with van der Waals surface area (Å²) in [6.07, 6.45) is 2.31. The van der Waals surface area contributed by atoms with E-state index in [-0.39, 0.29) is 11.9 Å². The van der Waals surface area contributed by atoms with E-state index in [1.807, 2.05) is 25.1 Å². The fraction of sp³-hybridized carbons (Fsp3) is 0.348. The summed E-state index contributed by atoms with van der Waals surface area (Å²) in [5.41, 5.74) is 4.66. The molecule has 1 saturated carbocycles. The zero-order chi connectivity index (χ0) is 20.4. The van der Waals surface area contributed by atoms with Crippen molar-refractivity contribution in [1.82, 2.24) is 20.1 Å². The van der Waals surface area contributed by atoms with Gasteiger partial charge in [0, 0.05) is 11.6 Å². The molecule has 1 aliphatic carbocycles. The summed E-state index contributed by atoms with van der Waals surface area (Å²) in [6, 6.07) is 16.4. The number of benzene rings is 2. The first-order valence-electron chi connectivity index (χ1n) is 10.0. The maximum absolute atomic E-state index is 12.6. The summed E-state index contributed by atoms with van der Waals surface area (Å²) >= 11 is 1.44. The zero-order valence-corrected chi connectivity index (χ0v) is 17.9. The molecule has 0 spiro atoms. The molecule has 1 heterocycles. The van der Waals surface area contributed by atoms with Gasteiger partial charge in [0.1, 0.15) is 5.82 Å². The molecule has 2 aromatic carbocycles. The van der Waals surface area contributed by atoms with E-state index in [1.54, 1.807) is 0 Å². The van der Waals surface area contributed by atoms with Crippen LogP contribution < -0.4 is 5.32 Å². The highest BCUT2D eigenvalue weighted by atomic mass is 32.2. The third kappa shape index (κ3) is 4.53. The molecule has 1 fully saturated rings. The van der Waals surface area contributed by atoms with Crippen LogP contribution in [0.5, 0.6) is 0 Å². The molecule has 0 saturated heterocycles. The highest BCUT2D eigenvalue weighted by Gasteiger charge is 2.31. The molecule has 3 aromatic rings. The van der Waals surface area contributed by atoms with Crippen LogP contribution in [-0.2, 0) is 4.79 Å². The minimum atomic E-state index is -0.0311. The molecule has 1 unspecified atom stereocenters. The lowest BCUT2D eigenvalue weighted by Gasteiger charge is -2.16. The number of hydrogen-bond donors (Lipinski definition) is 1. The Morgan fingerprint density at radius 1 is 1.14 bits per heavy atom. The Kier molecular flexibility index (Phi) is 5.72. The monoisotopic (exact) mass is 406 g/mol. The standard InChI is InChI=1S/C23H26N4OS/c1-15-9-10-19(13-16(15)2)17(3)24-21(28)14-29-23-26-25-22(18-11-12-18)27(23)20-7-5-4-6-8-20/h4-10,13,17-18H,11-12,14H2,1-3H3,(H,24,28). The Hall–Kier alpha value is -2.60. The van der Waals surface area contributed by atoms with Crippen molar-refractivity contribution in [2.45, 2.75) is 50.7 Å². The van der Waals surface area contributed by atoms with Crippen LogP contribution in [0, 0.1) is 13.8 Å². The van der Waals surface area contributed by atoms with Crippen molar-refractivity contribution in [2.75, 3.05) is 5.75 Å². The molecular formula is C23H26N4OS. The Bertz CT molecular complexity index is 1010. The second kappa shape index (κ2) is 8.41. The van der Waals surface area contributed by atoms with Crippen molar-refractivity contribution < 1.29 is 4.79 Å². The Morgan fingerprint density at radius 3 is 2.59 bits per heavy atom. The number of para-hydroxylation sites is 1. The average Bonchev–Trinajstić information content (AvgIpc) is 3.48. The number of carbonyl (C=O) groups is 1. The molecule has 0 aliphatic heterocycles. The minimum absolute atomic E-state index is 0.00342. The van der Waals surface area contributed by atoms with Gasteiger partial charge in [-0.1, -0.05) is 48.2 Å². The number of thioether (sulfide) groups is 1. The molecule has 6 heteroatoms. The molecule has 0 radical (unpaired) electrons. The van der Waals surface area contributed by atoms with E-state index in [0.717, 1.165) is 35.1 Å². The minimum Gasteiger partial charge on any atom is -0.349 e. The summed E-state index contributed by atoms with van der Waals surface area (Å²) in [5, 5.41) is 12.7. The number of hydrogen-bond acceptors (Lipinski definition) is 4. The van der Waals surface area contributed by atoms with Gasteiger partial charge in [0.25, 0.3) is 0 Å². The summed E-state index contributed by atoms with van der Waals surface area (Å²) in [4.78, 5) is 12.6. The van der Waals surface area contributed by atoms with Gasteiger partial charge < -0.3 is 5.32 Å². The Morgan fingerprint density at radius 2 is 1.90 bits per heavy atom. The van der Waals surface area contributed by atoms with E-state index in [9.17, 15) is 4.79 Å². The molecule has 1 atom stereocenters. The van der Waals surface area contributed by atoms with Crippen molar-refractivity contribution in [2.24, 2.45) is 0 Å². The molecular weight excluding hydrogens is 380 g/mol. The van der Waals surface area contributed by atoms with E-state index in [0.29, 0.717) is 11.7 Å². The molecule has 4 rings (SSSR count).